The van der Waals surface area contributed by atoms with Gasteiger partial charge in [0.25, 0.3) is 0 Å². The molecule has 0 aliphatic heterocycles. The average Bonchev–Trinajstić information content (AvgIpc) is 2.22. The van der Waals surface area contributed by atoms with Crippen molar-refractivity contribution in [3.63, 3.8) is 0 Å². The van der Waals surface area contributed by atoms with E-state index in [4.69, 9.17) is 16.2 Å². The van der Waals surface area contributed by atoms with Crippen molar-refractivity contribution in [2.45, 2.75) is 0 Å². The van der Waals surface area contributed by atoms with E-state index in [2.05, 4.69) is 0 Å². The minimum Gasteiger partial charge on any atom is -0.457 e. The Hall–Kier alpha value is -2.30. The topological polar surface area (TPSA) is 61.3 Å². The molecule has 0 saturated heterocycles. The number of benzene rings is 2. The van der Waals surface area contributed by atoms with Crippen LogP contribution >= 0.6 is 0 Å². The lowest BCUT2D eigenvalue weighted by Crippen LogP contribution is -1.95. The molecule has 0 atom stereocenters. The number of hydrogen-bond donors (Lipinski definition) is 2. The summed E-state index contributed by atoms with van der Waals surface area (Å²) in [5, 5.41) is 0. The summed E-state index contributed by atoms with van der Waals surface area (Å²) >= 11 is 0. The number of rotatable bonds is 2. The molecular formula is C12H10F2N2O. The summed E-state index contributed by atoms with van der Waals surface area (Å²) < 4.78 is 31.1. The van der Waals surface area contributed by atoms with Crippen molar-refractivity contribution >= 4 is 11.4 Å². The van der Waals surface area contributed by atoms with Gasteiger partial charge < -0.3 is 16.2 Å². The maximum Gasteiger partial charge on any atom is 0.133 e. The van der Waals surface area contributed by atoms with E-state index in [-0.39, 0.29) is 5.75 Å². The molecule has 17 heavy (non-hydrogen) atoms. The van der Waals surface area contributed by atoms with Crippen LogP contribution in [0, 0.1) is 11.6 Å². The number of nitrogens with two attached hydrogens (primary N) is 2. The molecule has 0 saturated carbocycles. The first-order valence-corrected chi connectivity index (χ1v) is 4.83. The Kier molecular flexibility index (Phi) is 2.82. The summed E-state index contributed by atoms with van der Waals surface area (Å²) in [4.78, 5) is 0. The van der Waals surface area contributed by atoms with Crippen LogP contribution in [0.5, 0.6) is 11.5 Å². The van der Waals surface area contributed by atoms with Crippen molar-refractivity contribution in [3.05, 3.63) is 48.0 Å². The van der Waals surface area contributed by atoms with E-state index >= 15 is 0 Å². The largest absolute Gasteiger partial charge is 0.457 e. The number of nitrogen functional groups attached to an aromatic ring is 2. The fourth-order valence-electron chi connectivity index (χ4n) is 1.34. The smallest absolute Gasteiger partial charge is 0.133 e. The Morgan fingerprint density at radius 2 is 1.41 bits per heavy atom. The zero-order valence-electron chi connectivity index (χ0n) is 8.78. The van der Waals surface area contributed by atoms with Gasteiger partial charge in [0.05, 0.1) is 11.4 Å². The Morgan fingerprint density at radius 1 is 0.765 bits per heavy atom. The lowest BCUT2D eigenvalue weighted by molar-refractivity contribution is 0.468. The molecule has 0 aromatic heterocycles. The predicted octanol–water partition coefficient (Wildman–Crippen LogP) is 2.92. The minimum absolute atomic E-state index is 0.0617. The first kappa shape index (κ1) is 11.2. The van der Waals surface area contributed by atoms with Crippen molar-refractivity contribution < 1.29 is 13.5 Å². The maximum absolute atomic E-state index is 12.9. The highest BCUT2D eigenvalue weighted by Gasteiger charge is 2.04. The van der Waals surface area contributed by atoms with E-state index in [1.165, 1.54) is 6.07 Å². The number of ether oxygens (including phenoxy) is 1. The first-order valence-electron chi connectivity index (χ1n) is 4.83. The summed E-state index contributed by atoms with van der Waals surface area (Å²) in [5.74, 6) is -0.986. The number of hydrogen-bond acceptors (Lipinski definition) is 3. The van der Waals surface area contributed by atoms with Gasteiger partial charge in [-0.05, 0) is 12.1 Å². The molecule has 3 nitrogen and oxygen atoms in total. The Bertz CT molecular complexity index is 538. The Labute approximate surface area is 96.6 Å². The zero-order chi connectivity index (χ0) is 12.4. The van der Waals surface area contributed by atoms with E-state index in [0.29, 0.717) is 17.1 Å². The van der Waals surface area contributed by atoms with Gasteiger partial charge >= 0.3 is 0 Å². The molecule has 0 aliphatic rings. The van der Waals surface area contributed by atoms with Crippen LogP contribution in [0.25, 0.3) is 0 Å². The minimum atomic E-state index is -0.705. The highest BCUT2D eigenvalue weighted by atomic mass is 19.1. The van der Waals surface area contributed by atoms with Crippen molar-refractivity contribution in [3.8, 4) is 11.5 Å². The summed E-state index contributed by atoms with van der Waals surface area (Å²) in [6.07, 6.45) is 0. The standard InChI is InChI=1S/C12H10F2N2O/c13-7-3-8(14)5-10(4-7)17-9-1-2-11(15)12(16)6-9/h1-6H,15-16H2. The SMILES string of the molecule is Nc1ccc(Oc2cc(F)cc(F)c2)cc1N. The van der Waals surface area contributed by atoms with Gasteiger partial charge in [-0.3, -0.25) is 0 Å². The van der Waals surface area contributed by atoms with Gasteiger partial charge in [0.1, 0.15) is 23.1 Å². The van der Waals surface area contributed by atoms with Gasteiger partial charge in [0.2, 0.25) is 0 Å². The lowest BCUT2D eigenvalue weighted by Gasteiger charge is -2.07. The quantitative estimate of drug-likeness (QED) is 0.788. The molecule has 0 radical (unpaired) electrons. The molecule has 88 valence electrons. The molecule has 0 bridgehead atoms. The van der Waals surface area contributed by atoms with Gasteiger partial charge in [-0.25, -0.2) is 8.78 Å². The highest BCUT2D eigenvalue weighted by molar-refractivity contribution is 5.65. The van der Waals surface area contributed by atoms with E-state index in [0.717, 1.165) is 18.2 Å². The molecule has 2 aromatic carbocycles. The van der Waals surface area contributed by atoms with Gasteiger partial charge in [-0.1, -0.05) is 0 Å². The second-order valence-corrected chi connectivity index (χ2v) is 3.50. The second-order valence-electron chi connectivity index (χ2n) is 3.50. The van der Waals surface area contributed by atoms with Crippen LogP contribution in [0.2, 0.25) is 0 Å². The summed E-state index contributed by atoms with van der Waals surface area (Å²) in [5.41, 5.74) is 11.9. The third-order valence-electron chi connectivity index (χ3n) is 2.13. The molecule has 0 fully saturated rings. The molecule has 0 spiro atoms. The van der Waals surface area contributed by atoms with Crippen LogP contribution in [0.4, 0.5) is 20.2 Å². The van der Waals surface area contributed by atoms with Gasteiger partial charge in [0, 0.05) is 24.3 Å². The molecule has 2 aromatic rings. The molecule has 0 unspecified atom stereocenters. The molecule has 0 heterocycles. The van der Waals surface area contributed by atoms with Crippen LogP contribution in [-0.2, 0) is 0 Å². The number of anilines is 2. The molecule has 4 N–H and O–H groups in total. The molecule has 0 amide bonds. The van der Waals surface area contributed by atoms with Crippen molar-refractivity contribution in [1.82, 2.24) is 0 Å². The Balaban J connectivity index is 2.28. The molecule has 0 aliphatic carbocycles. The van der Waals surface area contributed by atoms with Crippen LogP contribution in [0.3, 0.4) is 0 Å². The number of halogens is 2. The van der Waals surface area contributed by atoms with Crippen LogP contribution in [0.1, 0.15) is 0 Å². The maximum atomic E-state index is 12.9. The van der Waals surface area contributed by atoms with Crippen LogP contribution in [-0.4, -0.2) is 0 Å². The van der Waals surface area contributed by atoms with E-state index in [9.17, 15) is 8.78 Å². The predicted molar refractivity (Wildman–Crippen MR) is 61.7 cm³/mol. The van der Waals surface area contributed by atoms with Crippen LogP contribution in [0.15, 0.2) is 36.4 Å². The zero-order valence-corrected chi connectivity index (χ0v) is 8.78. The third-order valence-corrected chi connectivity index (χ3v) is 2.13. The monoisotopic (exact) mass is 236 g/mol. The van der Waals surface area contributed by atoms with Gasteiger partial charge in [0.15, 0.2) is 0 Å². The highest BCUT2D eigenvalue weighted by Crippen LogP contribution is 2.27. The van der Waals surface area contributed by atoms with Gasteiger partial charge in [-0.2, -0.15) is 0 Å². The van der Waals surface area contributed by atoms with Crippen molar-refractivity contribution in [2.24, 2.45) is 0 Å². The fraction of sp³-hybridized carbons (Fsp3) is 0. The average molecular weight is 236 g/mol. The van der Waals surface area contributed by atoms with Gasteiger partial charge in [-0.15, -0.1) is 0 Å². The summed E-state index contributed by atoms with van der Waals surface area (Å²) in [7, 11) is 0. The summed E-state index contributed by atoms with van der Waals surface area (Å²) in [6.45, 7) is 0. The molecular weight excluding hydrogens is 226 g/mol. The van der Waals surface area contributed by atoms with E-state index in [1.807, 2.05) is 0 Å². The van der Waals surface area contributed by atoms with E-state index < -0.39 is 11.6 Å². The van der Waals surface area contributed by atoms with Crippen molar-refractivity contribution in [2.75, 3.05) is 11.5 Å². The molecule has 5 heteroatoms. The third kappa shape index (κ3) is 2.63. The van der Waals surface area contributed by atoms with E-state index in [1.54, 1.807) is 12.1 Å². The summed E-state index contributed by atoms with van der Waals surface area (Å²) in [6, 6.07) is 7.53. The lowest BCUT2D eigenvalue weighted by atomic mass is 10.2. The van der Waals surface area contributed by atoms with Crippen LogP contribution < -0.4 is 16.2 Å². The fourth-order valence-corrected chi connectivity index (χ4v) is 1.34. The Morgan fingerprint density at radius 3 is 2.00 bits per heavy atom. The second kappa shape index (κ2) is 4.29. The molecule has 2 rings (SSSR count). The van der Waals surface area contributed by atoms with Crippen molar-refractivity contribution in [1.29, 1.82) is 0 Å². The normalized spacial score (nSPS) is 10.2. The first-order chi connectivity index (χ1) is 8.04.